The molecule has 6 heteroatoms. The number of aliphatic hydroxyl groups is 2. The maximum absolute atomic E-state index is 10.8. The molecule has 0 aliphatic carbocycles. The molecule has 1 aromatic carbocycles. The van der Waals surface area contributed by atoms with Gasteiger partial charge in [-0.05, 0) is 18.6 Å². The normalized spacial score (nSPS) is 14.0. The van der Waals surface area contributed by atoms with Crippen LogP contribution in [0.2, 0.25) is 0 Å². The van der Waals surface area contributed by atoms with Gasteiger partial charge < -0.3 is 20.1 Å². The van der Waals surface area contributed by atoms with Crippen molar-refractivity contribution in [2.45, 2.75) is 18.6 Å². The Bertz CT molecular complexity index is 421. The van der Waals surface area contributed by atoms with Gasteiger partial charge in [0.15, 0.2) is 0 Å². The monoisotopic (exact) mass is 274 g/mol. The summed E-state index contributed by atoms with van der Waals surface area (Å²) in [6, 6.07) is 4.07. The quantitative estimate of drug-likeness (QED) is 0.683. The lowest BCUT2D eigenvalue weighted by molar-refractivity contribution is 0.0156. The Balaban J connectivity index is 3.05. The fourth-order valence-corrected chi connectivity index (χ4v) is 1.79. The largest absolute Gasteiger partial charge is 0.496 e. The number of alkyl halides is 1. The minimum Gasteiger partial charge on any atom is -0.496 e. The Morgan fingerprint density at radius 2 is 2.11 bits per heavy atom. The van der Waals surface area contributed by atoms with Gasteiger partial charge in [0, 0.05) is 11.4 Å². The lowest BCUT2D eigenvalue weighted by Crippen LogP contribution is -2.19. The van der Waals surface area contributed by atoms with Crippen LogP contribution < -0.4 is 4.74 Å². The van der Waals surface area contributed by atoms with Crippen molar-refractivity contribution in [1.29, 1.82) is 0 Å². The topological polar surface area (TPSA) is 87.0 Å². The van der Waals surface area contributed by atoms with Crippen molar-refractivity contribution in [2.75, 3.05) is 13.0 Å². The van der Waals surface area contributed by atoms with E-state index in [1.165, 1.54) is 25.3 Å². The first-order valence-corrected chi connectivity index (χ1v) is 5.88. The molecule has 3 N–H and O–H groups in total. The zero-order valence-electron chi connectivity index (χ0n) is 9.84. The number of hydrogen-bond acceptors (Lipinski definition) is 4. The lowest BCUT2D eigenvalue weighted by Gasteiger charge is -2.19. The number of rotatable bonds is 6. The maximum atomic E-state index is 10.8. The average Bonchev–Trinajstić information content (AvgIpc) is 2.37. The molecule has 0 radical (unpaired) electrons. The van der Waals surface area contributed by atoms with Crippen LogP contribution in [0.1, 0.15) is 28.4 Å². The summed E-state index contributed by atoms with van der Waals surface area (Å²) >= 11 is 5.49. The summed E-state index contributed by atoms with van der Waals surface area (Å²) < 4.78 is 5.02. The fourth-order valence-electron chi connectivity index (χ4n) is 1.57. The molecule has 0 aliphatic heterocycles. The molecule has 2 atom stereocenters. The smallest absolute Gasteiger partial charge is 0.335 e. The highest BCUT2D eigenvalue weighted by Gasteiger charge is 2.22. The molecule has 100 valence electrons. The van der Waals surface area contributed by atoms with Crippen molar-refractivity contribution in [3.8, 4) is 5.75 Å². The number of aromatic carboxylic acids is 1. The van der Waals surface area contributed by atoms with Crippen LogP contribution in [0.15, 0.2) is 18.2 Å². The van der Waals surface area contributed by atoms with Gasteiger partial charge >= 0.3 is 5.97 Å². The Labute approximate surface area is 110 Å². The highest BCUT2D eigenvalue weighted by atomic mass is 35.5. The second-order valence-corrected chi connectivity index (χ2v) is 4.13. The fraction of sp³-hybridized carbons (Fsp3) is 0.417. The molecule has 0 aromatic heterocycles. The Hall–Kier alpha value is -1.30. The van der Waals surface area contributed by atoms with Crippen molar-refractivity contribution in [3.63, 3.8) is 0 Å². The van der Waals surface area contributed by atoms with Gasteiger partial charge in [-0.15, -0.1) is 11.6 Å². The third-order valence-corrected chi connectivity index (χ3v) is 2.79. The van der Waals surface area contributed by atoms with Gasteiger partial charge in [-0.3, -0.25) is 0 Å². The van der Waals surface area contributed by atoms with Crippen molar-refractivity contribution in [3.05, 3.63) is 29.3 Å². The molecule has 0 saturated carbocycles. The molecule has 2 unspecified atom stereocenters. The minimum absolute atomic E-state index is 0.0506. The molecule has 1 rings (SSSR count). The van der Waals surface area contributed by atoms with E-state index in [0.717, 1.165) is 0 Å². The SMILES string of the molecule is COc1cc(C(=O)O)ccc1C(O)C(O)CCCl. The highest BCUT2D eigenvalue weighted by Crippen LogP contribution is 2.29. The second-order valence-electron chi connectivity index (χ2n) is 3.75. The van der Waals surface area contributed by atoms with Gasteiger partial charge in [0.1, 0.15) is 11.9 Å². The van der Waals surface area contributed by atoms with Gasteiger partial charge in [-0.1, -0.05) is 6.07 Å². The number of methoxy groups -OCH3 is 1. The van der Waals surface area contributed by atoms with E-state index >= 15 is 0 Å². The molecule has 0 heterocycles. The molecule has 18 heavy (non-hydrogen) atoms. The van der Waals surface area contributed by atoms with E-state index < -0.39 is 18.2 Å². The maximum Gasteiger partial charge on any atom is 0.335 e. The summed E-state index contributed by atoms with van der Waals surface area (Å²) in [6.45, 7) is 0. The van der Waals surface area contributed by atoms with E-state index in [1.807, 2.05) is 0 Å². The molecule has 0 bridgehead atoms. The third-order valence-electron chi connectivity index (χ3n) is 2.57. The molecule has 0 aliphatic rings. The third kappa shape index (κ3) is 3.35. The van der Waals surface area contributed by atoms with E-state index in [-0.39, 0.29) is 23.6 Å². The number of halogens is 1. The molecule has 0 saturated heterocycles. The van der Waals surface area contributed by atoms with E-state index in [2.05, 4.69) is 0 Å². The highest BCUT2D eigenvalue weighted by molar-refractivity contribution is 6.17. The number of benzene rings is 1. The molecule has 5 nitrogen and oxygen atoms in total. The molecule has 0 amide bonds. The van der Waals surface area contributed by atoms with E-state index in [1.54, 1.807) is 0 Å². The summed E-state index contributed by atoms with van der Waals surface area (Å²) in [5.74, 6) is -0.653. The molecule has 0 fully saturated rings. The van der Waals surface area contributed by atoms with Gasteiger partial charge in [0.05, 0.1) is 18.8 Å². The van der Waals surface area contributed by atoms with Crippen LogP contribution >= 0.6 is 11.6 Å². The number of carboxylic acids is 1. The number of carbonyl (C=O) groups is 1. The van der Waals surface area contributed by atoms with Gasteiger partial charge in [0.25, 0.3) is 0 Å². The first-order valence-electron chi connectivity index (χ1n) is 5.34. The second kappa shape index (κ2) is 6.58. The van der Waals surface area contributed by atoms with Crippen molar-refractivity contribution in [2.24, 2.45) is 0 Å². The van der Waals surface area contributed by atoms with Crippen LogP contribution in [0.3, 0.4) is 0 Å². The van der Waals surface area contributed by atoms with E-state index in [4.69, 9.17) is 21.4 Å². The molecule has 0 spiro atoms. The first kappa shape index (κ1) is 14.8. The van der Waals surface area contributed by atoms with Crippen LogP contribution in [-0.4, -0.2) is 40.4 Å². The number of ether oxygens (including phenoxy) is 1. The number of carboxylic acid groups (broad SMARTS) is 1. The van der Waals surface area contributed by atoms with Crippen molar-refractivity contribution in [1.82, 2.24) is 0 Å². The average molecular weight is 275 g/mol. The number of aliphatic hydroxyl groups excluding tert-OH is 2. The predicted molar refractivity (Wildman–Crippen MR) is 66.3 cm³/mol. The van der Waals surface area contributed by atoms with Crippen molar-refractivity contribution < 1.29 is 24.9 Å². The van der Waals surface area contributed by atoms with E-state index in [0.29, 0.717) is 5.56 Å². The molecular weight excluding hydrogens is 260 g/mol. The predicted octanol–water partition coefficient (Wildman–Crippen LogP) is 1.42. The van der Waals surface area contributed by atoms with Crippen LogP contribution in [0.25, 0.3) is 0 Å². The zero-order chi connectivity index (χ0) is 13.7. The van der Waals surface area contributed by atoms with Crippen molar-refractivity contribution >= 4 is 17.6 Å². The van der Waals surface area contributed by atoms with Gasteiger partial charge in [-0.2, -0.15) is 0 Å². The molecular formula is C12H15ClO5. The first-order chi connectivity index (χ1) is 8.51. The van der Waals surface area contributed by atoms with Crippen LogP contribution in [-0.2, 0) is 0 Å². The van der Waals surface area contributed by atoms with E-state index in [9.17, 15) is 15.0 Å². The standard InChI is InChI=1S/C12H15ClO5/c1-18-10-6-7(12(16)17)2-3-8(10)11(15)9(14)4-5-13/h2-3,6,9,11,14-15H,4-5H2,1H3,(H,16,17). The number of hydrogen-bond donors (Lipinski definition) is 3. The Kier molecular flexibility index (Phi) is 5.40. The summed E-state index contributed by atoms with van der Waals surface area (Å²) in [5.41, 5.74) is 0.384. The van der Waals surface area contributed by atoms with Crippen LogP contribution in [0.5, 0.6) is 5.75 Å². The van der Waals surface area contributed by atoms with Gasteiger partial charge in [0.2, 0.25) is 0 Å². The summed E-state index contributed by atoms with van der Waals surface area (Å²) in [7, 11) is 1.37. The summed E-state index contributed by atoms with van der Waals surface area (Å²) in [6.07, 6.45) is -1.96. The summed E-state index contributed by atoms with van der Waals surface area (Å²) in [4.78, 5) is 10.8. The Morgan fingerprint density at radius 3 is 2.61 bits per heavy atom. The van der Waals surface area contributed by atoms with Crippen LogP contribution in [0, 0.1) is 0 Å². The Morgan fingerprint density at radius 1 is 1.44 bits per heavy atom. The zero-order valence-corrected chi connectivity index (χ0v) is 10.6. The minimum atomic E-state index is -1.17. The van der Waals surface area contributed by atoms with Crippen LogP contribution in [0.4, 0.5) is 0 Å². The van der Waals surface area contributed by atoms with Gasteiger partial charge in [-0.25, -0.2) is 4.79 Å². The summed E-state index contributed by atoms with van der Waals surface area (Å²) in [5, 5.41) is 28.4. The molecule has 1 aromatic rings. The lowest BCUT2D eigenvalue weighted by atomic mass is 10.00.